The summed E-state index contributed by atoms with van der Waals surface area (Å²) in [6.07, 6.45) is 4.15. The van der Waals surface area contributed by atoms with Crippen LogP contribution in [0.25, 0.3) is 22.2 Å². The topological polar surface area (TPSA) is 57.9 Å². The third-order valence-corrected chi connectivity index (χ3v) is 7.87. The van der Waals surface area contributed by atoms with Crippen molar-refractivity contribution >= 4 is 10.9 Å². The second kappa shape index (κ2) is 8.97. The molecular formula is C30H32N2O3. The maximum Gasteiger partial charge on any atom is 0.119 e. The normalized spacial score (nSPS) is 19.6. The number of aromatic hydroxyl groups is 2. The summed E-state index contributed by atoms with van der Waals surface area (Å²) in [5, 5.41) is 20.9. The molecule has 2 aliphatic rings. The smallest absolute Gasteiger partial charge is 0.119 e. The van der Waals surface area contributed by atoms with Crippen molar-refractivity contribution in [2.75, 3.05) is 19.7 Å². The predicted octanol–water partition coefficient (Wildman–Crippen LogP) is 5.94. The van der Waals surface area contributed by atoms with E-state index in [1.165, 1.54) is 31.4 Å². The second-order valence-corrected chi connectivity index (χ2v) is 10.1. The van der Waals surface area contributed by atoms with Crippen LogP contribution in [-0.2, 0) is 6.54 Å². The van der Waals surface area contributed by atoms with E-state index < -0.39 is 0 Å². The van der Waals surface area contributed by atoms with Crippen molar-refractivity contribution in [1.82, 2.24) is 9.47 Å². The molecule has 0 unspecified atom stereocenters. The summed E-state index contributed by atoms with van der Waals surface area (Å²) in [5.74, 6) is 2.34. The number of hydrogen-bond acceptors (Lipinski definition) is 4. The highest BCUT2D eigenvalue weighted by Crippen LogP contribution is 2.37. The number of ether oxygens (including phenoxy) is 1. The summed E-state index contributed by atoms with van der Waals surface area (Å²) in [4.78, 5) is 2.60. The molecule has 4 aromatic rings. The summed E-state index contributed by atoms with van der Waals surface area (Å²) in [6.45, 7) is 5.78. The summed E-state index contributed by atoms with van der Waals surface area (Å²) in [5.41, 5.74) is 5.48. The number of benzene rings is 3. The molecule has 2 atom stereocenters. The molecule has 2 fully saturated rings. The lowest BCUT2D eigenvalue weighted by Crippen LogP contribution is -2.35. The Morgan fingerprint density at radius 2 is 1.69 bits per heavy atom. The van der Waals surface area contributed by atoms with Gasteiger partial charge in [0.2, 0.25) is 0 Å². The molecule has 3 aromatic carbocycles. The van der Waals surface area contributed by atoms with Crippen LogP contribution in [0.3, 0.4) is 0 Å². The molecule has 5 heteroatoms. The van der Waals surface area contributed by atoms with Crippen LogP contribution in [0, 0.1) is 12.8 Å². The third kappa shape index (κ3) is 4.25. The molecule has 5 nitrogen and oxygen atoms in total. The monoisotopic (exact) mass is 468 g/mol. The fourth-order valence-corrected chi connectivity index (χ4v) is 6.12. The molecule has 2 bridgehead atoms. The van der Waals surface area contributed by atoms with E-state index in [1.54, 1.807) is 18.2 Å². The highest BCUT2D eigenvalue weighted by atomic mass is 16.5. The van der Waals surface area contributed by atoms with Gasteiger partial charge in [-0.25, -0.2) is 0 Å². The molecule has 35 heavy (non-hydrogen) atoms. The molecule has 2 heterocycles. The van der Waals surface area contributed by atoms with Crippen molar-refractivity contribution in [3.8, 4) is 28.5 Å². The highest BCUT2D eigenvalue weighted by molar-refractivity contribution is 5.92. The average molecular weight is 469 g/mol. The van der Waals surface area contributed by atoms with Crippen molar-refractivity contribution < 1.29 is 14.9 Å². The fraction of sp³-hybridized carbons (Fsp3) is 0.333. The van der Waals surface area contributed by atoms with Crippen LogP contribution in [0.4, 0.5) is 0 Å². The molecule has 1 aliphatic carbocycles. The maximum absolute atomic E-state index is 10.1. The molecule has 1 saturated carbocycles. The first kappa shape index (κ1) is 22.1. The van der Waals surface area contributed by atoms with Crippen molar-refractivity contribution in [1.29, 1.82) is 0 Å². The van der Waals surface area contributed by atoms with E-state index in [-0.39, 0.29) is 11.5 Å². The van der Waals surface area contributed by atoms with Crippen LogP contribution in [-0.4, -0.2) is 45.4 Å². The van der Waals surface area contributed by atoms with Gasteiger partial charge in [-0.2, -0.15) is 0 Å². The Bertz CT molecular complexity index is 1340. The van der Waals surface area contributed by atoms with Gasteiger partial charge in [-0.1, -0.05) is 12.1 Å². The van der Waals surface area contributed by atoms with Gasteiger partial charge in [-0.05, 0) is 103 Å². The molecule has 0 spiro atoms. The number of rotatable bonds is 7. The quantitative estimate of drug-likeness (QED) is 0.352. The van der Waals surface area contributed by atoms with E-state index in [2.05, 4.69) is 40.7 Å². The molecule has 6 rings (SSSR count). The Morgan fingerprint density at radius 1 is 0.914 bits per heavy atom. The molecule has 1 aromatic heterocycles. The van der Waals surface area contributed by atoms with Gasteiger partial charge in [-0.3, -0.25) is 4.90 Å². The molecule has 1 saturated heterocycles. The van der Waals surface area contributed by atoms with Crippen molar-refractivity contribution in [2.24, 2.45) is 5.92 Å². The summed E-state index contributed by atoms with van der Waals surface area (Å²) in [7, 11) is 0. The van der Waals surface area contributed by atoms with Crippen LogP contribution in [0.5, 0.6) is 17.2 Å². The van der Waals surface area contributed by atoms with Crippen molar-refractivity contribution in [2.45, 2.75) is 38.8 Å². The second-order valence-electron chi connectivity index (χ2n) is 10.1. The summed E-state index contributed by atoms with van der Waals surface area (Å²) >= 11 is 0. The van der Waals surface area contributed by atoms with Crippen LogP contribution < -0.4 is 4.74 Å². The Labute approximate surface area is 206 Å². The third-order valence-electron chi connectivity index (χ3n) is 7.87. The lowest BCUT2D eigenvalue weighted by atomic mass is 10.1. The minimum atomic E-state index is 0.250. The van der Waals surface area contributed by atoms with Gasteiger partial charge >= 0.3 is 0 Å². The van der Waals surface area contributed by atoms with Gasteiger partial charge in [0, 0.05) is 36.6 Å². The van der Waals surface area contributed by atoms with Gasteiger partial charge < -0.3 is 19.5 Å². The van der Waals surface area contributed by atoms with Crippen LogP contribution in [0.1, 0.15) is 30.4 Å². The van der Waals surface area contributed by atoms with Crippen LogP contribution >= 0.6 is 0 Å². The number of phenols is 2. The summed E-state index contributed by atoms with van der Waals surface area (Å²) < 4.78 is 8.36. The number of aromatic nitrogens is 1. The first-order valence-electron chi connectivity index (χ1n) is 12.6. The number of hydrogen-bond donors (Lipinski definition) is 2. The molecule has 2 N–H and O–H groups in total. The number of piperidine rings is 1. The predicted molar refractivity (Wildman–Crippen MR) is 139 cm³/mol. The number of nitrogens with zero attached hydrogens (tertiary/aromatic N) is 2. The Morgan fingerprint density at radius 3 is 2.40 bits per heavy atom. The van der Waals surface area contributed by atoms with Crippen LogP contribution in [0.15, 0.2) is 66.7 Å². The van der Waals surface area contributed by atoms with Crippen LogP contribution in [0.2, 0.25) is 0 Å². The first-order valence-corrected chi connectivity index (χ1v) is 12.6. The zero-order valence-electron chi connectivity index (χ0n) is 20.2. The van der Waals surface area contributed by atoms with Gasteiger partial charge in [0.15, 0.2) is 0 Å². The Hall–Kier alpha value is -3.44. The molecular weight excluding hydrogens is 436 g/mol. The molecule has 0 radical (unpaired) electrons. The Kier molecular flexibility index (Phi) is 5.65. The standard InChI is InChI=1S/C30H32N2O3/c1-20-28-17-26(34)10-13-29(28)32(30(20)23-5-8-25(33)9-6-23)19-21-3-11-27(12-4-21)35-15-14-31-18-22-2-7-24(31)16-22/h3-6,8-13,17,22,24,33-34H,2,7,14-16,18-19H2,1H3/t22-,24+/m1/s1. The average Bonchev–Trinajstić information content (AvgIpc) is 3.55. The molecule has 0 amide bonds. The highest BCUT2D eigenvalue weighted by Gasteiger charge is 2.37. The van der Waals surface area contributed by atoms with E-state index in [9.17, 15) is 10.2 Å². The van der Waals surface area contributed by atoms with E-state index in [4.69, 9.17) is 4.74 Å². The SMILES string of the molecule is Cc1c(-c2ccc(O)cc2)n(Cc2ccc(OCCN3C[C@@H]4CC[C@H]3C4)cc2)c2ccc(O)cc12. The zero-order chi connectivity index (χ0) is 23.9. The van der Waals surface area contributed by atoms with E-state index in [0.29, 0.717) is 6.54 Å². The lowest BCUT2D eigenvalue weighted by Gasteiger charge is -2.26. The first-order chi connectivity index (χ1) is 17.0. The number of fused-ring (bicyclic) bond motifs is 3. The maximum atomic E-state index is 10.1. The largest absolute Gasteiger partial charge is 0.508 e. The van der Waals surface area contributed by atoms with Gasteiger partial charge in [-0.15, -0.1) is 0 Å². The molecule has 1 aliphatic heterocycles. The minimum Gasteiger partial charge on any atom is -0.508 e. The number of phenolic OH excluding ortho intramolecular Hbond substituents is 2. The summed E-state index contributed by atoms with van der Waals surface area (Å²) in [6, 6.07) is 22.0. The van der Waals surface area contributed by atoms with E-state index >= 15 is 0 Å². The number of aryl methyl sites for hydroxylation is 1. The van der Waals surface area contributed by atoms with Crippen molar-refractivity contribution in [3.63, 3.8) is 0 Å². The fourth-order valence-electron chi connectivity index (χ4n) is 6.12. The lowest BCUT2D eigenvalue weighted by molar-refractivity contribution is 0.172. The minimum absolute atomic E-state index is 0.250. The molecule has 180 valence electrons. The van der Waals surface area contributed by atoms with Crippen molar-refractivity contribution in [3.05, 3.63) is 77.9 Å². The van der Waals surface area contributed by atoms with Gasteiger partial charge in [0.1, 0.15) is 23.9 Å². The number of likely N-dealkylation sites (tertiary alicyclic amines) is 1. The van der Waals surface area contributed by atoms with E-state index in [1.807, 2.05) is 24.3 Å². The van der Waals surface area contributed by atoms with E-state index in [0.717, 1.165) is 58.6 Å². The van der Waals surface area contributed by atoms with Gasteiger partial charge in [0.05, 0.1) is 5.69 Å². The Balaban J connectivity index is 1.22. The zero-order valence-corrected chi connectivity index (χ0v) is 20.2. The van der Waals surface area contributed by atoms with Gasteiger partial charge in [0.25, 0.3) is 0 Å².